The van der Waals surface area contributed by atoms with E-state index < -0.39 is 53.8 Å². The summed E-state index contributed by atoms with van der Waals surface area (Å²) in [7, 11) is 0. The van der Waals surface area contributed by atoms with Gasteiger partial charge in [0, 0.05) is 19.4 Å². The van der Waals surface area contributed by atoms with E-state index in [0.717, 1.165) is 0 Å². The maximum Gasteiger partial charge on any atom is 0.326 e. The van der Waals surface area contributed by atoms with Crippen LogP contribution in [-0.2, 0) is 30.4 Å². The number of carboxylic acid groups (broad SMARTS) is 1. The predicted molar refractivity (Wildman–Crippen MR) is 149 cm³/mol. The molecule has 0 aliphatic carbocycles. The van der Waals surface area contributed by atoms with Crippen molar-refractivity contribution >= 4 is 35.6 Å². The van der Waals surface area contributed by atoms with E-state index in [1.165, 1.54) is 0 Å². The molecule has 0 radical (unpaired) electrons. The molecule has 0 bridgehead atoms. The highest BCUT2D eigenvalue weighted by molar-refractivity contribution is 5.94. The number of aliphatic imine (C=N–C) groups is 1. The zero-order valence-corrected chi connectivity index (χ0v) is 23.0. The van der Waals surface area contributed by atoms with Crippen LogP contribution in [0, 0.1) is 5.92 Å². The Balaban J connectivity index is 3.10. The molecule has 5 unspecified atom stereocenters. The molecule has 14 nitrogen and oxygen atoms in total. The van der Waals surface area contributed by atoms with Crippen LogP contribution in [0.15, 0.2) is 35.3 Å². The Labute approximate surface area is 233 Å². The summed E-state index contributed by atoms with van der Waals surface area (Å²) in [4.78, 5) is 66.3. The number of amides is 4. The van der Waals surface area contributed by atoms with Gasteiger partial charge < -0.3 is 44.0 Å². The molecule has 0 aliphatic heterocycles. The Morgan fingerprint density at radius 2 is 1.43 bits per heavy atom. The fraction of sp³-hybridized carbons (Fsp3) is 0.538. The van der Waals surface area contributed by atoms with Gasteiger partial charge in [-0.15, -0.1) is 0 Å². The number of benzene rings is 1. The molecule has 0 saturated carbocycles. The molecule has 1 rings (SSSR count). The van der Waals surface area contributed by atoms with Crippen molar-refractivity contribution in [2.45, 2.75) is 76.5 Å². The smallest absolute Gasteiger partial charge is 0.326 e. The molecule has 5 atom stereocenters. The average molecular weight is 563 g/mol. The van der Waals surface area contributed by atoms with Gasteiger partial charge in [-0.2, -0.15) is 0 Å². The van der Waals surface area contributed by atoms with Gasteiger partial charge in [0.15, 0.2) is 5.96 Å². The summed E-state index contributed by atoms with van der Waals surface area (Å²) in [6.45, 7) is 3.86. The van der Waals surface area contributed by atoms with Crippen molar-refractivity contribution in [2.24, 2.45) is 33.8 Å². The Kier molecular flexibility index (Phi) is 14.7. The number of nitrogens with one attached hydrogen (secondary N) is 3. The Morgan fingerprint density at radius 3 is 1.95 bits per heavy atom. The summed E-state index contributed by atoms with van der Waals surface area (Å²) in [6.07, 6.45) is 0.609. The largest absolute Gasteiger partial charge is 0.480 e. The first-order valence-electron chi connectivity index (χ1n) is 13.1. The Bertz CT molecular complexity index is 1030. The maximum atomic E-state index is 13.3. The van der Waals surface area contributed by atoms with E-state index in [-0.39, 0.29) is 44.1 Å². The highest BCUT2D eigenvalue weighted by Gasteiger charge is 2.31. The van der Waals surface area contributed by atoms with Gasteiger partial charge in [0.1, 0.15) is 18.1 Å². The number of carboxylic acids is 1. The van der Waals surface area contributed by atoms with Crippen LogP contribution >= 0.6 is 0 Å². The molecule has 0 aromatic heterocycles. The summed E-state index contributed by atoms with van der Waals surface area (Å²) in [6, 6.07) is 4.09. The van der Waals surface area contributed by atoms with Gasteiger partial charge in [0.2, 0.25) is 23.6 Å². The summed E-state index contributed by atoms with van der Waals surface area (Å²) >= 11 is 0. The predicted octanol–water partition coefficient (Wildman–Crippen LogP) is -1.54. The van der Waals surface area contributed by atoms with Crippen LogP contribution in [0.1, 0.15) is 51.5 Å². The van der Waals surface area contributed by atoms with Crippen molar-refractivity contribution in [3.05, 3.63) is 35.9 Å². The van der Waals surface area contributed by atoms with E-state index in [1.54, 1.807) is 37.3 Å². The Morgan fingerprint density at radius 1 is 0.875 bits per heavy atom. The minimum atomic E-state index is -1.31. The first kappa shape index (κ1) is 33.8. The number of hydrogen-bond donors (Lipinski definition) is 8. The lowest BCUT2D eigenvalue weighted by Gasteiger charge is -2.26. The van der Waals surface area contributed by atoms with Crippen LogP contribution in [0.2, 0.25) is 0 Å². The molecular formula is C26H42N8O6. The molecule has 0 aliphatic rings. The first-order chi connectivity index (χ1) is 18.8. The van der Waals surface area contributed by atoms with Gasteiger partial charge in [0.25, 0.3) is 0 Å². The average Bonchev–Trinajstić information content (AvgIpc) is 2.91. The summed E-state index contributed by atoms with van der Waals surface area (Å²) in [5.41, 5.74) is 22.6. The molecule has 0 spiro atoms. The van der Waals surface area contributed by atoms with Gasteiger partial charge in [-0.3, -0.25) is 24.2 Å². The zero-order chi connectivity index (χ0) is 30.2. The van der Waals surface area contributed by atoms with Gasteiger partial charge in [-0.05, 0) is 30.7 Å². The van der Waals surface area contributed by atoms with Gasteiger partial charge in [0.05, 0.1) is 6.04 Å². The molecule has 0 heterocycles. The van der Waals surface area contributed by atoms with Crippen LogP contribution in [0.4, 0.5) is 0 Å². The second kappa shape index (κ2) is 17.4. The normalized spacial score (nSPS) is 14.5. The molecule has 0 saturated heterocycles. The molecule has 0 fully saturated rings. The van der Waals surface area contributed by atoms with E-state index in [0.29, 0.717) is 18.4 Å². The molecule has 4 amide bonds. The lowest BCUT2D eigenvalue weighted by Crippen LogP contribution is -2.57. The number of carbonyl (C=O) groups is 5. The van der Waals surface area contributed by atoms with E-state index in [1.807, 2.05) is 6.92 Å². The molecule has 222 valence electrons. The highest BCUT2D eigenvalue weighted by Crippen LogP contribution is 2.09. The lowest BCUT2D eigenvalue weighted by molar-refractivity contribution is -0.142. The highest BCUT2D eigenvalue weighted by atomic mass is 16.4. The topological polar surface area (TPSA) is 258 Å². The van der Waals surface area contributed by atoms with Gasteiger partial charge in [-0.25, -0.2) is 4.79 Å². The van der Waals surface area contributed by atoms with Crippen molar-refractivity contribution in [1.29, 1.82) is 0 Å². The van der Waals surface area contributed by atoms with Crippen molar-refractivity contribution in [2.75, 3.05) is 6.54 Å². The lowest BCUT2D eigenvalue weighted by atomic mass is 9.98. The van der Waals surface area contributed by atoms with Crippen molar-refractivity contribution in [1.82, 2.24) is 16.0 Å². The third-order valence-electron chi connectivity index (χ3n) is 6.35. The molecule has 1 aromatic carbocycles. The Hall–Kier alpha value is -4.20. The number of rotatable bonds is 18. The van der Waals surface area contributed by atoms with Crippen molar-refractivity contribution in [3.63, 3.8) is 0 Å². The zero-order valence-electron chi connectivity index (χ0n) is 23.0. The third kappa shape index (κ3) is 12.6. The standard InChI is InChI=1S/C26H42N8O6/c1-3-15(2)21(28)24(38)33-17(10-7-13-31-26(29)30)22(36)32-18(11-12-20(27)35)23(37)34-19(25(39)40)14-16-8-5-4-6-9-16/h4-6,8-9,15,17-19,21H,3,7,10-14,28H2,1-2H3,(H2,27,35)(H,32,36)(H,33,38)(H,34,37)(H,39,40)(H4,29,30,31). The minimum Gasteiger partial charge on any atom is -0.480 e. The number of nitrogens with two attached hydrogens (primary N) is 4. The molecule has 40 heavy (non-hydrogen) atoms. The van der Waals surface area contributed by atoms with E-state index >= 15 is 0 Å². The van der Waals surface area contributed by atoms with Crippen LogP contribution in [0.5, 0.6) is 0 Å². The monoisotopic (exact) mass is 562 g/mol. The molecule has 12 N–H and O–H groups in total. The SMILES string of the molecule is CCC(C)C(N)C(=O)NC(CCCN=C(N)N)C(=O)NC(CCC(N)=O)C(=O)NC(Cc1ccccc1)C(=O)O. The van der Waals surface area contributed by atoms with E-state index in [4.69, 9.17) is 22.9 Å². The first-order valence-corrected chi connectivity index (χ1v) is 13.1. The molecule has 14 heteroatoms. The molecule has 1 aromatic rings. The van der Waals surface area contributed by atoms with Crippen LogP contribution in [-0.4, -0.2) is 71.4 Å². The number of aliphatic carboxylic acids is 1. The maximum absolute atomic E-state index is 13.3. The van der Waals surface area contributed by atoms with Gasteiger partial charge >= 0.3 is 5.97 Å². The van der Waals surface area contributed by atoms with Gasteiger partial charge in [-0.1, -0.05) is 50.6 Å². The quantitative estimate of drug-likeness (QED) is 0.0585. The second-order valence-corrected chi connectivity index (χ2v) is 9.58. The number of nitrogens with zero attached hydrogens (tertiary/aromatic N) is 1. The summed E-state index contributed by atoms with van der Waals surface area (Å²) in [5, 5.41) is 17.2. The fourth-order valence-electron chi connectivity index (χ4n) is 3.70. The fourth-order valence-corrected chi connectivity index (χ4v) is 3.70. The van der Waals surface area contributed by atoms with Crippen LogP contribution < -0.4 is 38.9 Å². The second-order valence-electron chi connectivity index (χ2n) is 9.58. The van der Waals surface area contributed by atoms with Crippen molar-refractivity contribution < 1.29 is 29.1 Å². The molecular weight excluding hydrogens is 520 g/mol. The number of carbonyl (C=O) groups excluding carboxylic acids is 4. The summed E-state index contributed by atoms with van der Waals surface area (Å²) < 4.78 is 0. The number of hydrogen-bond acceptors (Lipinski definition) is 7. The minimum absolute atomic E-state index is 0.00459. The third-order valence-corrected chi connectivity index (χ3v) is 6.35. The van der Waals surface area contributed by atoms with Crippen LogP contribution in [0.25, 0.3) is 0 Å². The van der Waals surface area contributed by atoms with E-state index in [2.05, 4.69) is 20.9 Å². The van der Waals surface area contributed by atoms with Crippen LogP contribution in [0.3, 0.4) is 0 Å². The van der Waals surface area contributed by atoms with E-state index in [9.17, 15) is 29.1 Å². The summed E-state index contributed by atoms with van der Waals surface area (Å²) in [5.74, 6) is -4.38. The number of guanidine groups is 1. The van der Waals surface area contributed by atoms with Crippen molar-refractivity contribution in [3.8, 4) is 0 Å². The number of primary amides is 1.